The molecule has 90 valence electrons. The van der Waals surface area contributed by atoms with Crippen LogP contribution in [0, 0.1) is 0 Å². The third kappa shape index (κ3) is 2.88. The lowest BCUT2D eigenvalue weighted by Gasteiger charge is -2.24. The number of rotatable bonds is 2. The predicted molar refractivity (Wildman–Crippen MR) is 66.1 cm³/mol. The second-order valence-electron chi connectivity index (χ2n) is 3.61. The number of cyclic esters (lactones) is 1. The summed E-state index contributed by atoms with van der Waals surface area (Å²) in [4.78, 5) is 13.2. The van der Waals surface area contributed by atoms with Gasteiger partial charge in [0, 0.05) is 12.1 Å². The van der Waals surface area contributed by atoms with Gasteiger partial charge in [-0.2, -0.15) is 0 Å². The number of anilines is 1. The fourth-order valence-corrected chi connectivity index (χ4v) is 1.50. The van der Waals surface area contributed by atoms with Gasteiger partial charge in [0.15, 0.2) is 0 Å². The molecule has 0 saturated carbocycles. The summed E-state index contributed by atoms with van der Waals surface area (Å²) in [6, 6.07) is 7.04. The van der Waals surface area contributed by atoms with Gasteiger partial charge in [-0.3, -0.25) is 5.43 Å². The molecule has 1 aliphatic rings. The van der Waals surface area contributed by atoms with Gasteiger partial charge in [-0.25, -0.2) is 4.79 Å². The summed E-state index contributed by atoms with van der Waals surface area (Å²) >= 11 is 5.76. The third-order valence-electron chi connectivity index (χ3n) is 2.34. The summed E-state index contributed by atoms with van der Waals surface area (Å²) in [5.74, 6) is -0.147. The molecule has 1 saturated heterocycles. The van der Waals surface area contributed by atoms with E-state index in [2.05, 4.69) is 10.5 Å². The number of benzene rings is 1. The zero-order valence-electron chi connectivity index (χ0n) is 9.31. The Balaban J connectivity index is 2.08. The van der Waals surface area contributed by atoms with Gasteiger partial charge in [-0.1, -0.05) is 11.6 Å². The van der Waals surface area contributed by atoms with Gasteiger partial charge in [0.2, 0.25) is 5.84 Å². The highest BCUT2D eigenvalue weighted by Gasteiger charge is 2.23. The molecule has 6 heteroatoms. The molecule has 1 N–H and O–H groups in total. The lowest BCUT2D eigenvalue weighted by atomic mass is 10.3. The van der Waals surface area contributed by atoms with Crippen molar-refractivity contribution in [2.45, 2.75) is 0 Å². The average Bonchev–Trinajstić information content (AvgIpc) is 2.31. The number of hydrogen-bond acceptors (Lipinski definition) is 4. The molecule has 1 aromatic carbocycles. The molecule has 0 spiro atoms. The van der Waals surface area contributed by atoms with Crippen LogP contribution in [0.25, 0.3) is 0 Å². The number of amidine groups is 1. The van der Waals surface area contributed by atoms with Crippen LogP contribution >= 0.6 is 11.6 Å². The number of halogens is 1. The molecule has 1 aliphatic heterocycles. The Morgan fingerprint density at radius 3 is 2.76 bits per heavy atom. The lowest BCUT2D eigenvalue weighted by molar-refractivity contribution is -0.138. The van der Waals surface area contributed by atoms with E-state index in [1.165, 1.54) is 0 Å². The van der Waals surface area contributed by atoms with E-state index in [-0.39, 0.29) is 5.84 Å². The Bertz CT molecular complexity index is 445. The fraction of sp³-hybridized carbons (Fsp3) is 0.273. The van der Waals surface area contributed by atoms with Crippen molar-refractivity contribution in [2.24, 2.45) is 5.10 Å². The molecule has 1 aromatic rings. The van der Waals surface area contributed by atoms with E-state index in [1.807, 2.05) is 0 Å². The molecule has 17 heavy (non-hydrogen) atoms. The number of hydrogen-bond donors (Lipinski definition) is 1. The fourth-order valence-electron chi connectivity index (χ4n) is 1.37. The first-order chi connectivity index (χ1) is 8.16. The van der Waals surface area contributed by atoms with Gasteiger partial charge < -0.3 is 9.64 Å². The number of carbonyl (C=O) groups excluding carboxylic acids is 1. The first-order valence-electron chi connectivity index (χ1n) is 5.14. The second-order valence-corrected chi connectivity index (χ2v) is 4.05. The summed E-state index contributed by atoms with van der Waals surface area (Å²) in [7, 11) is 1.79. The van der Waals surface area contributed by atoms with Crippen LogP contribution in [0.5, 0.6) is 0 Å². The second kappa shape index (κ2) is 5.05. The van der Waals surface area contributed by atoms with Gasteiger partial charge >= 0.3 is 5.97 Å². The molecule has 0 atom stereocenters. The van der Waals surface area contributed by atoms with Crippen molar-refractivity contribution < 1.29 is 9.53 Å². The Morgan fingerprint density at radius 1 is 1.41 bits per heavy atom. The first-order valence-corrected chi connectivity index (χ1v) is 5.52. The molecule has 5 nitrogen and oxygen atoms in total. The minimum atomic E-state index is -0.416. The van der Waals surface area contributed by atoms with Gasteiger partial charge in [0.1, 0.15) is 6.61 Å². The molecule has 0 radical (unpaired) electrons. The molecule has 0 bridgehead atoms. The SMILES string of the molecule is CN1CCOC(=O)/C1=N\Nc1ccc(Cl)cc1. The Labute approximate surface area is 104 Å². The van der Waals surface area contributed by atoms with Crippen molar-refractivity contribution in [3.63, 3.8) is 0 Å². The standard InChI is InChI=1S/C11H12ClN3O2/c1-15-6-7-17-11(16)10(15)14-13-9-4-2-8(12)3-5-9/h2-5,13H,6-7H2,1H3/b14-10+. The number of nitrogens with one attached hydrogen (secondary N) is 1. The Kier molecular flexibility index (Phi) is 3.49. The Hall–Kier alpha value is -1.75. The van der Waals surface area contributed by atoms with Crippen LogP contribution in [-0.2, 0) is 9.53 Å². The highest BCUT2D eigenvalue weighted by Crippen LogP contribution is 2.13. The third-order valence-corrected chi connectivity index (χ3v) is 2.59. The van der Waals surface area contributed by atoms with E-state index < -0.39 is 5.97 Å². The molecule has 0 unspecified atom stereocenters. The maximum atomic E-state index is 11.4. The average molecular weight is 254 g/mol. The van der Waals surface area contributed by atoms with Gasteiger partial charge in [0.25, 0.3) is 0 Å². The van der Waals surface area contributed by atoms with Crippen LogP contribution < -0.4 is 5.43 Å². The molecule has 2 rings (SSSR count). The normalized spacial score (nSPS) is 18.1. The van der Waals surface area contributed by atoms with Crippen molar-refractivity contribution in [1.29, 1.82) is 0 Å². The number of hydrazone groups is 1. The molecule has 0 aromatic heterocycles. The van der Waals surface area contributed by atoms with Crippen LogP contribution in [0.2, 0.25) is 5.02 Å². The summed E-state index contributed by atoms with van der Waals surface area (Å²) in [5, 5.41) is 4.67. The Morgan fingerprint density at radius 2 is 2.12 bits per heavy atom. The van der Waals surface area contributed by atoms with Crippen molar-refractivity contribution in [2.75, 3.05) is 25.6 Å². The van der Waals surface area contributed by atoms with E-state index in [0.29, 0.717) is 18.2 Å². The molecular weight excluding hydrogens is 242 g/mol. The molecule has 0 amide bonds. The molecule has 0 aliphatic carbocycles. The smallest absolute Gasteiger partial charge is 0.376 e. The monoisotopic (exact) mass is 253 g/mol. The van der Waals surface area contributed by atoms with Crippen molar-refractivity contribution in [3.8, 4) is 0 Å². The molecule has 1 heterocycles. The summed E-state index contributed by atoms with van der Waals surface area (Å²) < 4.78 is 4.90. The van der Waals surface area contributed by atoms with Crippen LogP contribution in [-0.4, -0.2) is 36.9 Å². The highest BCUT2D eigenvalue weighted by molar-refractivity contribution is 6.35. The van der Waals surface area contributed by atoms with Crippen molar-refractivity contribution in [1.82, 2.24) is 4.90 Å². The summed E-state index contributed by atoms with van der Waals surface area (Å²) in [5.41, 5.74) is 3.55. The first kappa shape index (κ1) is 11.7. The number of esters is 1. The van der Waals surface area contributed by atoms with Gasteiger partial charge in [0.05, 0.1) is 12.2 Å². The topological polar surface area (TPSA) is 53.9 Å². The number of carbonyl (C=O) groups is 1. The quantitative estimate of drug-likeness (QED) is 0.642. The largest absolute Gasteiger partial charge is 0.458 e. The van der Waals surface area contributed by atoms with Gasteiger partial charge in [-0.05, 0) is 24.3 Å². The lowest BCUT2D eigenvalue weighted by Crippen LogP contribution is -2.43. The highest BCUT2D eigenvalue weighted by atomic mass is 35.5. The maximum Gasteiger partial charge on any atom is 0.376 e. The van der Waals surface area contributed by atoms with Crippen LogP contribution in [0.1, 0.15) is 0 Å². The van der Waals surface area contributed by atoms with E-state index >= 15 is 0 Å². The minimum absolute atomic E-state index is 0.270. The number of ether oxygens (including phenoxy) is 1. The molecule has 1 fully saturated rings. The van der Waals surface area contributed by atoms with Crippen LogP contribution in [0.4, 0.5) is 5.69 Å². The van der Waals surface area contributed by atoms with Crippen molar-refractivity contribution >= 4 is 29.1 Å². The summed E-state index contributed by atoms with van der Waals surface area (Å²) in [6.07, 6.45) is 0. The predicted octanol–water partition coefficient (Wildman–Crippen LogP) is 1.55. The van der Waals surface area contributed by atoms with Gasteiger partial charge in [-0.15, -0.1) is 5.10 Å². The zero-order valence-corrected chi connectivity index (χ0v) is 10.1. The number of morpholine rings is 1. The zero-order chi connectivity index (χ0) is 12.3. The number of nitrogens with zero attached hydrogens (tertiary/aromatic N) is 2. The van der Waals surface area contributed by atoms with Crippen LogP contribution in [0.3, 0.4) is 0 Å². The minimum Gasteiger partial charge on any atom is -0.458 e. The molecular formula is C11H12ClN3O2. The summed E-state index contributed by atoms with van der Waals surface area (Å²) in [6.45, 7) is 1.04. The van der Waals surface area contributed by atoms with E-state index in [9.17, 15) is 4.79 Å². The maximum absolute atomic E-state index is 11.4. The van der Waals surface area contributed by atoms with Crippen LogP contribution in [0.15, 0.2) is 29.4 Å². The number of likely N-dealkylation sites (N-methyl/N-ethyl adjacent to an activating group) is 1. The van der Waals surface area contributed by atoms with E-state index in [1.54, 1.807) is 36.2 Å². The van der Waals surface area contributed by atoms with E-state index in [4.69, 9.17) is 16.3 Å². The van der Waals surface area contributed by atoms with Crippen molar-refractivity contribution in [3.05, 3.63) is 29.3 Å². The van der Waals surface area contributed by atoms with E-state index in [0.717, 1.165) is 5.69 Å².